The van der Waals surface area contributed by atoms with Gasteiger partial charge >= 0.3 is 0 Å². The molecule has 1 saturated heterocycles. The van der Waals surface area contributed by atoms with E-state index in [4.69, 9.17) is 0 Å². The number of carbonyl (C=O) groups is 1. The Kier molecular flexibility index (Phi) is 6.89. The molecule has 1 aromatic carbocycles. The molecular formula is C15H23ClN2O. The third kappa shape index (κ3) is 5.62. The minimum Gasteiger partial charge on any atom is -0.355 e. The number of hydrogen-bond donors (Lipinski definition) is 2. The van der Waals surface area contributed by atoms with Crippen molar-refractivity contribution in [2.75, 3.05) is 19.6 Å². The van der Waals surface area contributed by atoms with Crippen molar-refractivity contribution in [1.82, 2.24) is 10.6 Å². The number of carbonyl (C=O) groups excluding carboxylic acids is 1. The van der Waals surface area contributed by atoms with Crippen molar-refractivity contribution in [3.8, 4) is 0 Å². The molecule has 106 valence electrons. The summed E-state index contributed by atoms with van der Waals surface area (Å²) >= 11 is 0. The number of amides is 1. The van der Waals surface area contributed by atoms with Gasteiger partial charge in [0.15, 0.2) is 0 Å². The van der Waals surface area contributed by atoms with Gasteiger partial charge < -0.3 is 10.6 Å². The Labute approximate surface area is 121 Å². The third-order valence-corrected chi connectivity index (χ3v) is 3.43. The van der Waals surface area contributed by atoms with E-state index in [1.54, 1.807) is 0 Å². The molecule has 1 unspecified atom stereocenters. The van der Waals surface area contributed by atoms with Crippen molar-refractivity contribution < 1.29 is 4.79 Å². The van der Waals surface area contributed by atoms with Gasteiger partial charge in [-0.15, -0.1) is 12.4 Å². The van der Waals surface area contributed by atoms with Crippen LogP contribution in [-0.4, -0.2) is 25.5 Å². The van der Waals surface area contributed by atoms with Crippen LogP contribution in [0, 0.1) is 12.8 Å². The summed E-state index contributed by atoms with van der Waals surface area (Å²) in [5, 5.41) is 6.41. The lowest BCUT2D eigenvalue weighted by Crippen LogP contribution is -2.38. The van der Waals surface area contributed by atoms with Crippen LogP contribution in [0.4, 0.5) is 0 Å². The van der Waals surface area contributed by atoms with Gasteiger partial charge in [0.2, 0.25) is 5.91 Å². The number of halogens is 1. The predicted octanol–water partition coefficient (Wildman–Crippen LogP) is 2.08. The highest BCUT2D eigenvalue weighted by atomic mass is 35.5. The van der Waals surface area contributed by atoms with E-state index in [9.17, 15) is 4.79 Å². The molecule has 1 heterocycles. The van der Waals surface area contributed by atoms with E-state index < -0.39 is 0 Å². The van der Waals surface area contributed by atoms with Crippen LogP contribution < -0.4 is 10.6 Å². The molecule has 0 spiro atoms. The van der Waals surface area contributed by atoms with Crippen molar-refractivity contribution in [3.05, 3.63) is 35.4 Å². The molecule has 1 amide bonds. The largest absolute Gasteiger partial charge is 0.355 e. The van der Waals surface area contributed by atoms with E-state index in [0.29, 0.717) is 12.3 Å². The highest BCUT2D eigenvalue weighted by molar-refractivity contribution is 5.85. The zero-order valence-electron chi connectivity index (χ0n) is 11.4. The van der Waals surface area contributed by atoms with Crippen LogP contribution in [0.5, 0.6) is 0 Å². The van der Waals surface area contributed by atoms with Gasteiger partial charge in [-0.25, -0.2) is 0 Å². The van der Waals surface area contributed by atoms with E-state index in [1.165, 1.54) is 18.4 Å². The lowest BCUT2D eigenvalue weighted by molar-refractivity contribution is -0.120. The molecule has 1 fully saturated rings. The number of rotatable bonds is 4. The molecule has 3 nitrogen and oxygen atoms in total. The zero-order valence-corrected chi connectivity index (χ0v) is 12.3. The highest BCUT2D eigenvalue weighted by Crippen LogP contribution is 2.09. The Bertz CT molecular complexity index is 403. The molecule has 0 aliphatic carbocycles. The second-order valence-corrected chi connectivity index (χ2v) is 5.18. The molecule has 1 aliphatic rings. The third-order valence-electron chi connectivity index (χ3n) is 3.43. The number of aryl methyl sites for hydroxylation is 1. The Hall–Kier alpha value is -1.06. The molecule has 2 rings (SSSR count). The van der Waals surface area contributed by atoms with Crippen LogP contribution in [0.3, 0.4) is 0 Å². The van der Waals surface area contributed by atoms with Crippen molar-refractivity contribution in [2.24, 2.45) is 5.92 Å². The summed E-state index contributed by atoms with van der Waals surface area (Å²) in [5.41, 5.74) is 2.30. The zero-order chi connectivity index (χ0) is 12.8. The molecule has 1 aromatic rings. The van der Waals surface area contributed by atoms with Gasteiger partial charge in [0.05, 0.1) is 6.42 Å². The van der Waals surface area contributed by atoms with Crippen molar-refractivity contribution in [3.63, 3.8) is 0 Å². The van der Waals surface area contributed by atoms with Gasteiger partial charge in [-0.3, -0.25) is 4.79 Å². The minimum atomic E-state index is 0. The fraction of sp³-hybridized carbons (Fsp3) is 0.533. The molecule has 0 bridgehead atoms. The topological polar surface area (TPSA) is 41.1 Å². The molecule has 0 saturated carbocycles. The molecule has 4 heteroatoms. The molecule has 19 heavy (non-hydrogen) atoms. The summed E-state index contributed by atoms with van der Waals surface area (Å²) in [4.78, 5) is 11.8. The number of nitrogens with one attached hydrogen (secondary N) is 2. The summed E-state index contributed by atoms with van der Waals surface area (Å²) in [7, 11) is 0. The first-order valence-corrected chi connectivity index (χ1v) is 6.77. The fourth-order valence-electron chi connectivity index (χ4n) is 2.43. The van der Waals surface area contributed by atoms with Crippen molar-refractivity contribution in [2.45, 2.75) is 26.2 Å². The van der Waals surface area contributed by atoms with Crippen LogP contribution in [0.25, 0.3) is 0 Å². The maximum Gasteiger partial charge on any atom is 0.224 e. The second-order valence-electron chi connectivity index (χ2n) is 5.18. The van der Waals surface area contributed by atoms with E-state index >= 15 is 0 Å². The van der Waals surface area contributed by atoms with Crippen LogP contribution in [0.15, 0.2) is 24.3 Å². The van der Waals surface area contributed by atoms with Gasteiger partial charge in [-0.05, 0) is 44.3 Å². The first-order chi connectivity index (χ1) is 8.74. The van der Waals surface area contributed by atoms with E-state index in [2.05, 4.69) is 29.7 Å². The van der Waals surface area contributed by atoms with Gasteiger partial charge in [0.1, 0.15) is 0 Å². The fourth-order valence-corrected chi connectivity index (χ4v) is 2.43. The number of benzene rings is 1. The van der Waals surface area contributed by atoms with Crippen LogP contribution in [0.1, 0.15) is 24.0 Å². The summed E-state index contributed by atoms with van der Waals surface area (Å²) in [6.45, 7) is 5.01. The second kappa shape index (κ2) is 8.18. The van der Waals surface area contributed by atoms with E-state index in [-0.39, 0.29) is 18.3 Å². The average Bonchev–Trinajstić information content (AvgIpc) is 2.38. The molecular weight excluding hydrogens is 260 g/mol. The summed E-state index contributed by atoms with van der Waals surface area (Å²) in [6, 6.07) is 8.13. The van der Waals surface area contributed by atoms with Gasteiger partial charge in [-0.1, -0.05) is 29.8 Å². The Balaban J connectivity index is 0.00000180. The standard InChI is InChI=1S/C15H22N2O.ClH/c1-12-4-2-5-13(8-12)9-15(18)17-11-14-6-3-7-16-10-14;/h2,4-5,8,14,16H,3,6-7,9-11H2,1H3,(H,17,18);1H. The van der Waals surface area contributed by atoms with Crippen molar-refractivity contribution >= 4 is 18.3 Å². The van der Waals surface area contributed by atoms with E-state index in [1.807, 2.05) is 12.1 Å². The van der Waals surface area contributed by atoms with Crippen LogP contribution in [-0.2, 0) is 11.2 Å². The smallest absolute Gasteiger partial charge is 0.224 e. The molecule has 0 radical (unpaired) electrons. The summed E-state index contributed by atoms with van der Waals surface area (Å²) < 4.78 is 0. The van der Waals surface area contributed by atoms with Crippen LogP contribution >= 0.6 is 12.4 Å². The minimum absolute atomic E-state index is 0. The van der Waals surface area contributed by atoms with E-state index in [0.717, 1.165) is 25.2 Å². The summed E-state index contributed by atoms with van der Waals surface area (Å²) in [5.74, 6) is 0.728. The van der Waals surface area contributed by atoms with Gasteiger partial charge in [0, 0.05) is 6.54 Å². The van der Waals surface area contributed by atoms with Gasteiger partial charge in [-0.2, -0.15) is 0 Å². The summed E-state index contributed by atoms with van der Waals surface area (Å²) in [6.07, 6.45) is 2.93. The normalized spacial score (nSPS) is 18.5. The molecule has 2 N–H and O–H groups in total. The lowest BCUT2D eigenvalue weighted by Gasteiger charge is -2.22. The Morgan fingerprint density at radius 2 is 2.32 bits per heavy atom. The monoisotopic (exact) mass is 282 g/mol. The Morgan fingerprint density at radius 3 is 3.00 bits per heavy atom. The lowest BCUT2D eigenvalue weighted by atomic mass is 9.99. The average molecular weight is 283 g/mol. The molecule has 0 aromatic heterocycles. The first-order valence-electron chi connectivity index (χ1n) is 6.77. The maximum absolute atomic E-state index is 11.8. The van der Waals surface area contributed by atoms with Crippen molar-refractivity contribution in [1.29, 1.82) is 0 Å². The molecule has 1 atom stereocenters. The Morgan fingerprint density at radius 1 is 1.47 bits per heavy atom. The first kappa shape index (κ1) is 16.0. The number of piperidine rings is 1. The van der Waals surface area contributed by atoms with Crippen LogP contribution in [0.2, 0.25) is 0 Å². The SMILES string of the molecule is Cc1cccc(CC(=O)NCC2CCCNC2)c1.Cl. The molecule has 1 aliphatic heterocycles. The highest BCUT2D eigenvalue weighted by Gasteiger charge is 2.13. The predicted molar refractivity (Wildman–Crippen MR) is 80.7 cm³/mol. The quantitative estimate of drug-likeness (QED) is 0.888. The maximum atomic E-state index is 11.8. The number of hydrogen-bond acceptors (Lipinski definition) is 2. The van der Waals surface area contributed by atoms with Gasteiger partial charge in [0.25, 0.3) is 0 Å².